The zero-order valence-corrected chi connectivity index (χ0v) is 9.00. The van der Waals surface area contributed by atoms with Crippen molar-refractivity contribution in [3.05, 3.63) is 0 Å². The van der Waals surface area contributed by atoms with Gasteiger partial charge in [0.25, 0.3) is 0 Å². The Morgan fingerprint density at radius 1 is 1.08 bits per heavy atom. The minimum absolute atomic E-state index is 0.570. The molecule has 13 heavy (non-hydrogen) atoms. The van der Waals surface area contributed by atoms with Gasteiger partial charge in [-0.15, -0.1) is 0 Å². The molecule has 76 valence electrons. The van der Waals surface area contributed by atoms with E-state index in [9.17, 15) is 0 Å². The fourth-order valence-electron chi connectivity index (χ4n) is 3.02. The second-order valence-corrected chi connectivity index (χ2v) is 5.48. The van der Waals surface area contributed by atoms with Gasteiger partial charge in [-0.2, -0.15) is 0 Å². The van der Waals surface area contributed by atoms with Crippen LogP contribution < -0.4 is 5.73 Å². The summed E-state index contributed by atoms with van der Waals surface area (Å²) >= 11 is 0. The molecule has 0 heterocycles. The zero-order chi connectivity index (χ0) is 9.42. The van der Waals surface area contributed by atoms with Crippen LogP contribution in [0.4, 0.5) is 0 Å². The van der Waals surface area contributed by atoms with Gasteiger partial charge in [-0.1, -0.05) is 13.8 Å². The van der Waals surface area contributed by atoms with Crippen molar-refractivity contribution in [1.82, 2.24) is 0 Å². The molecule has 0 radical (unpaired) electrons. The average Bonchev–Trinajstić information content (AvgIpc) is 2.83. The maximum absolute atomic E-state index is 5.89. The van der Waals surface area contributed by atoms with E-state index < -0.39 is 0 Å². The van der Waals surface area contributed by atoms with E-state index in [0.29, 0.717) is 6.04 Å². The van der Waals surface area contributed by atoms with E-state index in [0.717, 1.165) is 23.7 Å². The predicted molar refractivity (Wildman–Crippen MR) is 56.4 cm³/mol. The van der Waals surface area contributed by atoms with Gasteiger partial charge in [-0.05, 0) is 55.8 Å². The van der Waals surface area contributed by atoms with Crippen molar-refractivity contribution >= 4 is 0 Å². The second-order valence-electron chi connectivity index (χ2n) is 5.48. The molecule has 2 atom stereocenters. The molecule has 0 bridgehead atoms. The summed E-state index contributed by atoms with van der Waals surface area (Å²) in [6.45, 7) is 4.74. The van der Waals surface area contributed by atoms with Gasteiger partial charge in [0, 0.05) is 6.04 Å². The Balaban J connectivity index is 1.76. The van der Waals surface area contributed by atoms with Crippen LogP contribution in [-0.2, 0) is 0 Å². The van der Waals surface area contributed by atoms with Crippen LogP contribution in [0.25, 0.3) is 0 Å². The van der Waals surface area contributed by atoms with E-state index in [4.69, 9.17) is 5.73 Å². The summed E-state index contributed by atoms with van der Waals surface area (Å²) in [6.07, 6.45) is 7.16. The average molecular weight is 181 g/mol. The maximum atomic E-state index is 5.89. The highest BCUT2D eigenvalue weighted by Crippen LogP contribution is 2.45. The summed E-state index contributed by atoms with van der Waals surface area (Å²) < 4.78 is 0. The lowest BCUT2D eigenvalue weighted by molar-refractivity contribution is 0.207. The molecule has 0 saturated heterocycles. The normalized spacial score (nSPS) is 45.2. The standard InChI is InChI=1S/C12H23N/c1-8(2)9-3-5-10(6-4-9)11-7-12(11)13/h8-12H,3-7,13H2,1-2H3/t9?,10?,11-,12+/m0/s1. The second kappa shape index (κ2) is 3.61. The summed E-state index contributed by atoms with van der Waals surface area (Å²) in [5.41, 5.74) is 5.89. The maximum Gasteiger partial charge on any atom is 0.00737 e. The molecule has 0 aromatic heterocycles. The van der Waals surface area contributed by atoms with Gasteiger partial charge in [-0.25, -0.2) is 0 Å². The van der Waals surface area contributed by atoms with Crippen molar-refractivity contribution < 1.29 is 0 Å². The Morgan fingerprint density at radius 3 is 2.00 bits per heavy atom. The lowest BCUT2D eigenvalue weighted by Crippen LogP contribution is -2.21. The molecule has 2 aliphatic carbocycles. The highest BCUT2D eigenvalue weighted by atomic mass is 14.8. The highest BCUT2D eigenvalue weighted by Gasteiger charge is 2.41. The van der Waals surface area contributed by atoms with E-state index in [1.807, 2.05) is 0 Å². The Bertz CT molecular complexity index is 168. The lowest BCUT2D eigenvalue weighted by atomic mass is 9.75. The minimum Gasteiger partial charge on any atom is -0.327 e. The van der Waals surface area contributed by atoms with E-state index >= 15 is 0 Å². The van der Waals surface area contributed by atoms with Crippen molar-refractivity contribution in [2.45, 2.75) is 52.0 Å². The van der Waals surface area contributed by atoms with Crippen LogP contribution in [0.3, 0.4) is 0 Å². The van der Waals surface area contributed by atoms with Crippen molar-refractivity contribution in [3.63, 3.8) is 0 Å². The molecule has 1 heteroatoms. The third-order valence-electron chi connectivity index (χ3n) is 4.26. The van der Waals surface area contributed by atoms with Crippen molar-refractivity contribution in [3.8, 4) is 0 Å². The first-order chi connectivity index (χ1) is 6.18. The van der Waals surface area contributed by atoms with E-state index in [-0.39, 0.29) is 0 Å². The van der Waals surface area contributed by atoms with Crippen LogP contribution in [0.15, 0.2) is 0 Å². The number of nitrogens with two attached hydrogens (primary N) is 1. The molecule has 0 spiro atoms. The first-order valence-electron chi connectivity index (χ1n) is 5.94. The first-order valence-corrected chi connectivity index (χ1v) is 5.94. The number of hydrogen-bond acceptors (Lipinski definition) is 1. The fraction of sp³-hybridized carbons (Fsp3) is 1.00. The van der Waals surface area contributed by atoms with Crippen molar-refractivity contribution in [1.29, 1.82) is 0 Å². The van der Waals surface area contributed by atoms with E-state index in [1.54, 1.807) is 0 Å². The third-order valence-corrected chi connectivity index (χ3v) is 4.26. The Morgan fingerprint density at radius 2 is 1.62 bits per heavy atom. The van der Waals surface area contributed by atoms with E-state index in [2.05, 4.69) is 13.8 Å². The summed E-state index contributed by atoms with van der Waals surface area (Å²) in [5, 5.41) is 0. The molecule has 2 saturated carbocycles. The molecular weight excluding hydrogens is 158 g/mol. The molecule has 1 nitrogen and oxygen atoms in total. The van der Waals surface area contributed by atoms with E-state index in [1.165, 1.54) is 32.1 Å². The molecule has 2 N–H and O–H groups in total. The Kier molecular flexibility index (Phi) is 2.64. The largest absolute Gasteiger partial charge is 0.327 e. The van der Waals surface area contributed by atoms with Gasteiger partial charge in [0.1, 0.15) is 0 Å². The monoisotopic (exact) mass is 181 g/mol. The van der Waals surface area contributed by atoms with Crippen LogP contribution in [0.5, 0.6) is 0 Å². The van der Waals surface area contributed by atoms with Gasteiger partial charge in [0.05, 0.1) is 0 Å². The van der Waals surface area contributed by atoms with Crippen LogP contribution in [0, 0.1) is 23.7 Å². The molecular formula is C12H23N. The van der Waals surface area contributed by atoms with Gasteiger partial charge in [0.15, 0.2) is 0 Å². The number of hydrogen-bond donors (Lipinski definition) is 1. The topological polar surface area (TPSA) is 26.0 Å². The molecule has 0 unspecified atom stereocenters. The van der Waals surface area contributed by atoms with Gasteiger partial charge >= 0.3 is 0 Å². The van der Waals surface area contributed by atoms with Gasteiger partial charge in [0.2, 0.25) is 0 Å². The first kappa shape index (κ1) is 9.51. The third kappa shape index (κ3) is 2.07. The summed E-state index contributed by atoms with van der Waals surface area (Å²) in [4.78, 5) is 0. The molecule has 2 aliphatic rings. The minimum atomic E-state index is 0.570. The van der Waals surface area contributed by atoms with Crippen molar-refractivity contribution in [2.24, 2.45) is 29.4 Å². The highest BCUT2D eigenvalue weighted by molar-refractivity contribution is 4.96. The Hall–Kier alpha value is -0.0400. The van der Waals surface area contributed by atoms with Gasteiger partial charge in [-0.3, -0.25) is 0 Å². The number of rotatable bonds is 2. The molecule has 0 aliphatic heterocycles. The van der Waals surface area contributed by atoms with Gasteiger partial charge < -0.3 is 5.73 Å². The van der Waals surface area contributed by atoms with Crippen LogP contribution in [-0.4, -0.2) is 6.04 Å². The van der Waals surface area contributed by atoms with Crippen LogP contribution in [0.1, 0.15) is 46.0 Å². The van der Waals surface area contributed by atoms with Crippen molar-refractivity contribution in [2.75, 3.05) is 0 Å². The SMILES string of the molecule is CC(C)C1CCC([C@@H]2C[C@H]2N)CC1. The zero-order valence-electron chi connectivity index (χ0n) is 9.00. The Labute approximate surface area is 82.1 Å². The fourth-order valence-corrected chi connectivity index (χ4v) is 3.02. The summed E-state index contributed by atoms with van der Waals surface area (Å²) in [7, 11) is 0. The summed E-state index contributed by atoms with van der Waals surface area (Å²) in [5.74, 6) is 3.80. The quantitative estimate of drug-likeness (QED) is 0.696. The smallest absolute Gasteiger partial charge is 0.00737 e. The van der Waals surface area contributed by atoms with Crippen LogP contribution >= 0.6 is 0 Å². The molecule has 2 fully saturated rings. The predicted octanol–water partition coefficient (Wildman–Crippen LogP) is 2.80. The molecule has 0 aromatic rings. The van der Waals surface area contributed by atoms with Crippen LogP contribution in [0.2, 0.25) is 0 Å². The molecule has 0 aromatic carbocycles. The molecule has 2 rings (SSSR count). The summed E-state index contributed by atoms with van der Waals surface area (Å²) in [6, 6.07) is 0.570. The lowest BCUT2D eigenvalue weighted by Gasteiger charge is -2.31. The molecule has 0 amide bonds.